The highest BCUT2D eigenvalue weighted by Gasteiger charge is 2.40. The predicted molar refractivity (Wildman–Crippen MR) is 115 cm³/mol. The second kappa shape index (κ2) is 6.35. The van der Waals surface area contributed by atoms with Crippen LogP contribution in [0.15, 0.2) is 70.8 Å². The van der Waals surface area contributed by atoms with Crippen LogP contribution in [-0.2, 0) is 10.2 Å². The molecular formula is C24H21N3O3. The number of benzene rings is 2. The van der Waals surface area contributed by atoms with E-state index in [4.69, 9.17) is 4.42 Å². The van der Waals surface area contributed by atoms with Crippen LogP contribution in [0.25, 0.3) is 6.08 Å². The number of carbonyl (C=O) groups is 2. The van der Waals surface area contributed by atoms with Crippen molar-refractivity contribution in [2.24, 2.45) is 0 Å². The summed E-state index contributed by atoms with van der Waals surface area (Å²) in [5, 5.41) is 2.59. The van der Waals surface area contributed by atoms with E-state index in [1.165, 1.54) is 12.6 Å². The van der Waals surface area contributed by atoms with Crippen LogP contribution >= 0.6 is 0 Å². The Kier molecular flexibility index (Phi) is 3.86. The van der Waals surface area contributed by atoms with E-state index in [1.807, 2.05) is 48.5 Å². The highest BCUT2D eigenvalue weighted by atomic mass is 16.4. The standard InChI is InChI=1S/C24H21N3O3/c1-24(2)17-11-7-8-12-20(17)27(15-9-5-4-6-10-15)22-18(24)13-16(30-22)14-19-21(28)26(3)23(29)25-19/h4-14H,1-3H3,(H,25,29)/b19-14+. The molecular weight excluding hydrogens is 378 g/mol. The van der Waals surface area contributed by atoms with Crippen LogP contribution in [0, 0.1) is 0 Å². The molecule has 0 spiro atoms. The van der Waals surface area contributed by atoms with Crippen LogP contribution in [0.1, 0.15) is 30.7 Å². The Morgan fingerprint density at radius 1 is 0.967 bits per heavy atom. The van der Waals surface area contributed by atoms with E-state index in [0.717, 1.165) is 21.8 Å². The summed E-state index contributed by atoms with van der Waals surface area (Å²) in [5.74, 6) is 0.847. The van der Waals surface area contributed by atoms with Crippen molar-refractivity contribution >= 4 is 35.3 Å². The van der Waals surface area contributed by atoms with Crippen molar-refractivity contribution in [3.05, 3.63) is 83.2 Å². The fourth-order valence-corrected chi connectivity index (χ4v) is 4.14. The number of hydrogen-bond donors (Lipinski definition) is 1. The lowest BCUT2D eigenvalue weighted by Gasteiger charge is -2.38. The van der Waals surface area contributed by atoms with Crippen molar-refractivity contribution in [2.75, 3.05) is 11.9 Å². The van der Waals surface area contributed by atoms with Gasteiger partial charge in [0.1, 0.15) is 11.5 Å². The summed E-state index contributed by atoms with van der Waals surface area (Å²) in [6.07, 6.45) is 1.59. The minimum absolute atomic E-state index is 0.204. The lowest BCUT2D eigenvalue weighted by molar-refractivity contribution is -0.121. The maximum atomic E-state index is 12.3. The second-order valence-electron chi connectivity index (χ2n) is 8.03. The molecule has 1 aromatic heterocycles. The highest BCUT2D eigenvalue weighted by Crippen LogP contribution is 2.52. The number of nitrogens with zero attached hydrogens (tertiary/aromatic N) is 2. The number of anilines is 3. The van der Waals surface area contributed by atoms with Gasteiger partial charge in [-0.05, 0) is 29.8 Å². The average molecular weight is 399 g/mol. The Morgan fingerprint density at radius 2 is 1.67 bits per heavy atom. The van der Waals surface area contributed by atoms with Gasteiger partial charge < -0.3 is 9.73 Å². The summed E-state index contributed by atoms with van der Waals surface area (Å²) in [5.41, 5.74) is 4.15. The van der Waals surface area contributed by atoms with Crippen molar-refractivity contribution in [3.8, 4) is 0 Å². The van der Waals surface area contributed by atoms with Crippen molar-refractivity contribution < 1.29 is 14.0 Å². The molecule has 0 atom stereocenters. The number of carbonyl (C=O) groups excluding carboxylic acids is 2. The molecule has 3 aromatic rings. The molecule has 0 radical (unpaired) electrons. The number of urea groups is 1. The molecule has 1 N–H and O–H groups in total. The van der Waals surface area contributed by atoms with Gasteiger partial charge in [0.15, 0.2) is 0 Å². The summed E-state index contributed by atoms with van der Waals surface area (Å²) in [6, 6.07) is 19.8. The van der Waals surface area contributed by atoms with Gasteiger partial charge in [0, 0.05) is 29.8 Å². The first-order valence-corrected chi connectivity index (χ1v) is 9.77. The third-order valence-electron chi connectivity index (χ3n) is 5.81. The SMILES string of the molecule is CN1C(=O)N/C(=C/c2cc3c(o2)N(c2ccccc2)c2ccccc2C3(C)C)C1=O. The number of likely N-dealkylation sites (N-methyl/N-ethyl adjacent to an activating group) is 1. The molecule has 30 heavy (non-hydrogen) atoms. The van der Waals surface area contributed by atoms with Crippen molar-refractivity contribution in [2.45, 2.75) is 19.3 Å². The van der Waals surface area contributed by atoms with E-state index in [2.05, 4.69) is 36.2 Å². The van der Waals surface area contributed by atoms with E-state index >= 15 is 0 Å². The topological polar surface area (TPSA) is 65.8 Å². The Hall–Kier alpha value is -3.80. The molecule has 150 valence electrons. The summed E-state index contributed by atoms with van der Waals surface area (Å²) < 4.78 is 6.27. The first-order chi connectivity index (χ1) is 14.4. The van der Waals surface area contributed by atoms with Crippen LogP contribution in [0.2, 0.25) is 0 Å². The number of nitrogens with one attached hydrogen (secondary N) is 1. The van der Waals surface area contributed by atoms with Crippen LogP contribution in [-0.4, -0.2) is 23.9 Å². The second-order valence-corrected chi connectivity index (χ2v) is 8.03. The molecule has 1 fully saturated rings. The Bertz CT molecular complexity index is 1210. The molecule has 2 aromatic carbocycles. The zero-order chi connectivity index (χ0) is 21.0. The zero-order valence-electron chi connectivity index (χ0n) is 17.0. The summed E-state index contributed by atoms with van der Waals surface area (Å²) in [6.45, 7) is 4.32. The van der Waals surface area contributed by atoms with Gasteiger partial charge in [0.25, 0.3) is 5.91 Å². The van der Waals surface area contributed by atoms with Crippen molar-refractivity contribution in [1.29, 1.82) is 0 Å². The van der Waals surface area contributed by atoms with Crippen LogP contribution < -0.4 is 10.2 Å². The van der Waals surface area contributed by atoms with Gasteiger partial charge in [-0.25, -0.2) is 4.79 Å². The number of furan rings is 1. The number of fused-ring (bicyclic) bond motifs is 2. The van der Waals surface area contributed by atoms with E-state index in [9.17, 15) is 9.59 Å². The van der Waals surface area contributed by atoms with Crippen LogP contribution in [0.4, 0.5) is 22.1 Å². The Balaban J connectivity index is 1.69. The first-order valence-electron chi connectivity index (χ1n) is 9.77. The Morgan fingerprint density at radius 3 is 2.37 bits per heavy atom. The molecule has 0 saturated carbocycles. The lowest BCUT2D eigenvalue weighted by atomic mass is 9.75. The minimum atomic E-state index is -0.443. The molecule has 6 nitrogen and oxygen atoms in total. The number of para-hydroxylation sites is 2. The van der Waals surface area contributed by atoms with Gasteiger partial charge in [-0.15, -0.1) is 0 Å². The quantitative estimate of drug-likeness (QED) is 0.491. The van der Waals surface area contributed by atoms with Gasteiger partial charge in [-0.2, -0.15) is 0 Å². The molecule has 0 bridgehead atoms. The maximum Gasteiger partial charge on any atom is 0.328 e. The van der Waals surface area contributed by atoms with Gasteiger partial charge in [-0.1, -0.05) is 50.2 Å². The van der Waals surface area contributed by atoms with Gasteiger partial charge in [0.05, 0.1) is 5.69 Å². The van der Waals surface area contributed by atoms with E-state index in [0.29, 0.717) is 11.6 Å². The Labute approximate surface area is 174 Å². The fraction of sp³-hybridized carbons (Fsp3) is 0.167. The van der Waals surface area contributed by atoms with E-state index < -0.39 is 6.03 Å². The molecule has 6 heteroatoms. The van der Waals surface area contributed by atoms with Gasteiger partial charge in [0.2, 0.25) is 5.88 Å². The van der Waals surface area contributed by atoms with Gasteiger partial charge in [-0.3, -0.25) is 14.6 Å². The van der Waals surface area contributed by atoms with Crippen molar-refractivity contribution in [1.82, 2.24) is 10.2 Å². The third kappa shape index (κ3) is 2.57. The third-order valence-corrected chi connectivity index (χ3v) is 5.81. The maximum absolute atomic E-state index is 12.3. The minimum Gasteiger partial charge on any atom is -0.440 e. The van der Waals surface area contributed by atoms with Crippen LogP contribution in [0.3, 0.4) is 0 Å². The number of hydrogen-bond acceptors (Lipinski definition) is 4. The molecule has 2 aliphatic heterocycles. The average Bonchev–Trinajstić information content (AvgIpc) is 3.27. The molecule has 3 amide bonds. The molecule has 0 aliphatic carbocycles. The zero-order valence-corrected chi connectivity index (χ0v) is 17.0. The fourth-order valence-electron chi connectivity index (χ4n) is 4.14. The summed E-state index contributed by atoms with van der Waals surface area (Å²) in [4.78, 5) is 27.2. The number of rotatable bonds is 2. The first kappa shape index (κ1) is 18.2. The highest BCUT2D eigenvalue weighted by molar-refractivity contribution is 6.13. The van der Waals surface area contributed by atoms with E-state index in [1.54, 1.807) is 6.08 Å². The number of imide groups is 1. The molecule has 1 saturated heterocycles. The van der Waals surface area contributed by atoms with Crippen LogP contribution in [0.5, 0.6) is 0 Å². The van der Waals surface area contributed by atoms with Gasteiger partial charge >= 0.3 is 6.03 Å². The molecule has 3 heterocycles. The van der Waals surface area contributed by atoms with E-state index in [-0.39, 0.29) is 17.0 Å². The molecule has 2 aliphatic rings. The lowest BCUT2D eigenvalue weighted by Crippen LogP contribution is -2.29. The monoisotopic (exact) mass is 399 g/mol. The smallest absolute Gasteiger partial charge is 0.328 e. The number of amides is 3. The summed E-state index contributed by atoms with van der Waals surface area (Å²) >= 11 is 0. The van der Waals surface area contributed by atoms with Crippen molar-refractivity contribution in [3.63, 3.8) is 0 Å². The largest absolute Gasteiger partial charge is 0.440 e. The molecule has 5 rings (SSSR count). The summed E-state index contributed by atoms with van der Waals surface area (Å²) in [7, 11) is 1.45. The normalized spacial score (nSPS) is 18.4. The predicted octanol–water partition coefficient (Wildman–Crippen LogP) is 4.91. The molecule has 0 unspecified atom stereocenters.